The molecule has 1 aliphatic carbocycles. The quantitative estimate of drug-likeness (QED) is 0.594. The lowest BCUT2D eigenvalue weighted by atomic mass is 9.82. The Hall–Kier alpha value is -0.740. The van der Waals surface area contributed by atoms with E-state index < -0.39 is 5.97 Å². The molecule has 0 amide bonds. The molecular weight excluding hydrogens is 345 g/mol. The number of ether oxygens (including phenoxy) is 1. The third-order valence-electron chi connectivity index (χ3n) is 3.97. The fourth-order valence-electron chi connectivity index (χ4n) is 2.69. The molecule has 0 aliphatic heterocycles. The van der Waals surface area contributed by atoms with Crippen molar-refractivity contribution in [2.24, 2.45) is 0 Å². The number of hydrogen-bond donors (Lipinski definition) is 1. The first kappa shape index (κ1) is 17.6. The highest BCUT2D eigenvalue weighted by molar-refractivity contribution is 6.36. The van der Waals surface area contributed by atoms with Crippen molar-refractivity contribution in [1.29, 1.82) is 0 Å². The zero-order valence-corrected chi connectivity index (χ0v) is 14.6. The van der Waals surface area contributed by atoms with E-state index in [2.05, 4.69) is 5.32 Å². The summed E-state index contributed by atoms with van der Waals surface area (Å²) in [6, 6.07) is 4.59. The third kappa shape index (κ3) is 4.39. The van der Waals surface area contributed by atoms with Gasteiger partial charge in [0, 0.05) is 10.6 Å². The molecule has 1 aromatic rings. The zero-order valence-electron chi connectivity index (χ0n) is 12.3. The minimum atomic E-state index is -0.593. The molecule has 1 N–H and O–H groups in total. The molecular formula is C16H18Cl3NO2. The molecule has 0 atom stereocenters. The van der Waals surface area contributed by atoms with E-state index in [4.69, 9.17) is 39.5 Å². The second-order valence-corrected chi connectivity index (χ2v) is 6.65. The van der Waals surface area contributed by atoms with E-state index in [1.54, 1.807) is 12.1 Å². The molecule has 0 unspecified atom stereocenters. The van der Waals surface area contributed by atoms with Crippen LogP contribution >= 0.6 is 34.8 Å². The van der Waals surface area contributed by atoms with Crippen LogP contribution in [0.25, 0.3) is 0 Å². The van der Waals surface area contributed by atoms with Crippen LogP contribution in [-0.2, 0) is 4.74 Å². The predicted molar refractivity (Wildman–Crippen MR) is 90.7 cm³/mol. The van der Waals surface area contributed by atoms with Gasteiger partial charge in [0.15, 0.2) is 5.22 Å². The van der Waals surface area contributed by atoms with Crippen LogP contribution in [0.15, 0.2) is 29.5 Å². The molecule has 0 radical (unpaired) electrons. The summed E-state index contributed by atoms with van der Waals surface area (Å²) in [6.45, 7) is 0. The second-order valence-electron chi connectivity index (χ2n) is 5.43. The number of carbonyl (C=O) groups is 1. The first-order valence-corrected chi connectivity index (χ1v) is 8.34. The molecule has 0 aromatic heterocycles. The zero-order chi connectivity index (χ0) is 16.2. The van der Waals surface area contributed by atoms with Crippen LogP contribution in [-0.4, -0.2) is 18.6 Å². The first-order valence-electron chi connectivity index (χ1n) is 7.20. The van der Waals surface area contributed by atoms with Crippen molar-refractivity contribution in [3.05, 3.63) is 45.1 Å². The van der Waals surface area contributed by atoms with Crippen LogP contribution in [0, 0.1) is 0 Å². The van der Waals surface area contributed by atoms with Crippen molar-refractivity contribution >= 4 is 40.8 Å². The molecule has 120 valence electrons. The number of rotatable bonds is 4. The monoisotopic (exact) mass is 361 g/mol. The van der Waals surface area contributed by atoms with E-state index in [-0.39, 0.29) is 21.3 Å². The van der Waals surface area contributed by atoms with Crippen molar-refractivity contribution in [1.82, 2.24) is 5.32 Å². The molecule has 1 aromatic carbocycles. The molecule has 0 heterocycles. The topological polar surface area (TPSA) is 38.3 Å². The van der Waals surface area contributed by atoms with Crippen LogP contribution < -0.4 is 5.32 Å². The Bertz CT molecular complexity index is 581. The lowest BCUT2D eigenvalue weighted by molar-refractivity contribution is 0.0645. The van der Waals surface area contributed by atoms with Gasteiger partial charge in [0.05, 0.1) is 10.6 Å². The average Bonchev–Trinajstić information content (AvgIpc) is 2.47. The summed E-state index contributed by atoms with van der Waals surface area (Å²) in [5.41, 5.74) is 0.0270. The number of halogens is 3. The predicted octanol–water partition coefficient (Wildman–Crippen LogP) is 5.15. The van der Waals surface area contributed by atoms with Gasteiger partial charge in [-0.1, -0.05) is 42.5 Å². The largest absolute Gasteiger partial charge is 0.411 e. The normalized spacial score (nSPS) is 18.1. The number of carbonyl (C=O) groups excluding carboxylic acids is 1. The second kappa shape index (κ2) is 7.69. The highest BCUT2D eigenvalue weighted by Gasteiger charge is 2.29. The number of benzene rings is 1. The maximum atomic E-state index is 12.1. The molecule has 1 fully saturated rings. The van der Waals surface area contributed by atoms with Crippen molar-refractivity contribution in [2.75, 3.05) is 7.05 Å². The summed E-state index contributed by atoms with van der Waals surface area (Å²) in [5.74, 6) is -0.593. The van der Waals surface area contributed by atoms with Gasteiger partial charge in [0.1, 0.15) is 0 Å². The van der Waals surface area contributed by atoms with E-state index in [0.29, 0.717) is 5.02 Å². The Labute approximate surface area is 145 Å². The van der Waals surface area contributed by atoms with Crippen LogP contribution in [0.3, 0.4) is 0 Å². The molecule has 0 spiro atoms. The standard InChI is InChI=1S/C16H18Cl3NO2/c1-20-16(7-3-2-4-8-16)10-14(19)22-15(21)12-6-5-11(17)9-13(12)18/h5-6,9-10,20H,2-4,7-8H2,1H3. The summed E-state index contributed by atoms with van der Waals surface area (Å²) in [7, 11) is 1.89. The fourth-order valence-corrected chi connectivity index (χ4v) is 3.46. The molecule has 2 rings (SSSR count). The third-order valence-corrected chi connectivity index (χ3v) is 4.71. The Balaban J connectivity index is 2.11. The number of esters is 1. The smallest absolute Gasteiger partial charge is 0.345 e. The van der Waals surface area contributed by atoms with Gasteiger partial charge in [-0.05, 0) is 55.8 Å². The molecule has 1 saturated carbocycles. The van der Waals surface area contributed by atoms with Crippen molar-refractivity contribution < 1.29 is 9.53 Å². The Morgan fingerprint density at radius 2 is 1.95 bits per heavy atom. The molecule has 1 aliphatic rings. The Morgan fingerprint density at radius 3 is 2.55 bits per heavy atom. The number of likely N-dealkylation sites (N-methyl/N-ethyl adjacent to an activating group) is 1. The van der Waals surface area contributed by atoms with Crippen molar-refractivity contribution in [3.63, 3.8) is 0 Å². The summed E-state index contributed by atoms with van der Waals surface area (Å²) in [4.78, 5) is 12.1. The fraction of sp³-hybridized carbons (Fsp3) is 0.438. The molecule has 0 saturated heterocycles. The van der Waals surface area contributed by atoms with Crippen molar-refractivity contribution in [2.45, 2.75) is 37.6 Å². The van der Waals surface area contributed by atoms with Gasteiger partial charge >= 0.3 is 5.97 Å². The summed E-state index contributed by atoms with van der Waals surface area (Å²) in [5, 5.41) is 4.04. The number of nitrogens with one attached hydrogen (secondary N) is 1. The molecule has 3 nitrogen and oxygen atoms in total. The van der Waals surface area contributed by atoms with E-state index in [1.165, 1.54) is 18.6 Å². The lowest BCUT2D eigenvalue weighted by Crippen LogP contribution is -2.43. The minimum Gasteiger partial charge on any atom is -0.411 e. The minimum absolute atomic E-state index is 0.0623. The summed E-state index contributed by atoms with van der Waals surface area (Å²) in [6.07, 6.45) is 7.19. The van der Waals surface area contributed by atoms with Crippen LogP contribution in [0.5, 0.6) is 0 Å². The van der Waals surface area contributed by atoms with E-state index in [9.17, 15) is 4.79 Å². The highest BCUT2D eigenvalue weighted by atomic mass is 35.5. The van der Waals surface area contributed by atoms with Gasteiger partial charge in [-0.2, -0.15) is 0 Å². The lowest BCUT2D eigenvalue weighted by Gasteiger charge is -2.34. The SMILES string of the molecule is CNC1(C=C(Cl)OC(=O)c2ccc(Cl)cc2Cl)CCCCC1. The summed E-state index contributed by atoms with van der Waals surface area (Å²) < 4.78 is 5.21. The molecule has 6 heteroatoms. The maximum Gasteiger partial charge on any atom is 0.345 e. The van der Waals surface area contributed by atoms with Gasteiger partial charge in [-0.25, -0.2) is 4.79 Å². The molecule has 0 bridgehead atoms. The maximum absolute atomic E-state index is 12.1. The van der Waals surface area contributed by atoms with E-state index >= 15 is 0 Å². The van der Waals surface area contributed by atoms with Crippen molar-refractivity contribution in [3.8, 4) is 0 Å². The number of hydrogen-bond acceptors (Lipinski definition) is 3. The van der Waals surface area contributed by atoms with Crippen LogP contribution in [0.2, 0.25) is 10.0 Å². The van der Waals surface area contributed by atoms with Gasteiger partial charge < -0.3 is 10.1 Å². The van der Waals surface area contributed by atoms with Gasteiger partial charge in [-0.3, -0.25) is 0 Å². The first-order chi connectivity index (χ1) is 10.5. The summed E-state index contributed by atoms with van der Waals surface area (Å²) >= 11 is 17.9. The van der Waals surface area contributed by atoms with Crippen LogP contribution in [0.4, 0.5) is 0 Å². The molecule has 22 heavy (non-hydrogen) atoms. The van der Waals surface area contributed by atoms with Gasteiger partial charge in [0.25, 0.3) is 0 Å². The highest BCUT2D eigenvalue weighted by Crippen LogP contribution is 2.31. The van der Waals surface area contributed by atoms with Gasteiger partial charge in [-0.15, -0.1) is 0 Å². The van der Waals surface area contributed by atoms with Crippen LogP contribution in [0.1, 0.15) is 42.5 Å². The Kier molecular flexibility index (Phi) is 6.16. The van der Waals surface area contributed by atoms with Gasteiger partial charge in [0.2, 0.25) is 0 Å². The average molecular weight is 363 g/mol. The van der Waals surface area contributed by atoms with E-state index in [1.807, 2.05) is 7.05 Å². The Morgan fingerprint density at radius 1 is 1.27 bits per heavy atom. The van der Waals surface area contributed by atoms with E-state index in [0.717, 1.165) is 25.7 Å².